The molecule has 0 unspecified atom stereocenters. The van der Waals surface area contributed by atoms with Gasteiger partial charge in [0.05, 0.1) is 10.6 Å². The van der Waals surface area contributed by atoms with Gasteiger partial charge in [-0.15, -0.1) is 10.2 Å². The molecule has 0 bridgehead atoms. The molecule has 0 fully saturated rings. The van der Waals surface area contributed by atoms with Crippen molar-refractivity contribution in [2.45, 2.75) is 24.9 Å². The highest BCUT2D eigenvalue weighted by atomic mass is 35.5. The van der Waals surface area contributed by atoms with Gasteiger partial charge in [0.25, 0.3) is 5.91 Å². The monoisotopic (exact) mass is 475 g/mol. The van der Waals surface area contributed by atoms with Gasteiger partial charge in [0.1, 0.15) is 6.04 Å². The first-order valence-electron chi connectivity index (χ1n) is 9.08. The second-order valence-corrected chi connectivity index (χ2v) is 7.24. The Morgan fingerprint density at radius 1 is 0.969 bits per heavy atom. The molecule has 0 aliphatic carbocycles. The van der Waals surface area contributed by atoms with E-state index in [0.717, 1.165) is 21.7 Å². The maximum Gasteiger partial charge on any atom is 0.451 e. The fraction of sp³-hybridized carbons (Fsp3) is 0.263. The van der Waals surface area contributed by atoms with Crippen LogP contribution in [0.15, 0.2) is 42.6 Å². The van der Waals surface area contributed by atoms with Crippen LogP contribution in [0.3, 0.4) is 0 Å². The van der Waals surface area contributed by atoms with Crippen molar-refractivity contribution >= 4 is 17.5 Å². The standard InChI is InChI=1S/C19H12ClF6N5O/c20-12-11(6-7-27-14(12)18(21,22)23)16(32)30-8-9-31-15(28-29-17(31)19(24,25)26)13(30)10-4-2-1-3-5-10/h1-7,13H,8-9H2/t13-/m1/s1. The van der Waals surface area contributed by atoms with E-state index in [0.29, 0.717) is 5.56 Å². The quantitative estimate of drug-likeness (QED) is 0.508. The number of pyridine rings is 1. The number of aromatic nitrogens is 4. The molecule has 4 rings (SSSR count). The third kappa shape index (κ3) is 3.78. The molecule has 1 atom stereocenters. The number of halogens is 7. The van der Waals surface area contributed by atoms with Crippen LogP contribution in [0.1, 0.15) is 39.3 Å². The summed E-state index contributed by atoms with van der Waals surface area (Å²) in [6, 6.07) is 7.93. The number of carbonyl (C=O) groups excluding carboxylic acids is 1. The molecule has 1 amide bonds. The van der Waals surface area contributed by atoms with Crippen molar-refractivity contribution in [3.63, 3.8) is 0 Å². The van der Waals surface area contributed by atoms with E-state index >= 15 is 0 Å². The van der Waals surface area contributed by atoms with Crippen LogP contribution in [0.25, 0.3) is 0 Å². The van der Waals surface area contributed by atoms with E-state index in [-0.39, 0.29) is 18.9 Å². The molecule has 3 aromatic rings. The summed E-state index contributed by atoms with van der Waals surface area (Å²) in [5.74, 6) is -2.29. The topological polar surface area (TPSA) is 63.9 Å². The predicted octanol–water partition coefficient (Wildman–Crippen LogP) is 4.61. The van der Waals surface area contributed by atoms with Gasteiger partial charge in [-0.3, -0.25) is 9.78 Å². The number of hydrogen-bond acceptors (Lipinski definition) is 4. The minimum Gasteiger partial charge on any atom is -0.322 e. The maximum atomic E-state index is 13.3. The largest absolute Gasteiger partial charge is 0.451 e. The number of hydrogen-bond donors (Lipinski definition) is 0. The van der Waals surface area contributed by atoms with Gasteiger partial charge in [0, 0.05) is 19.3 Å². The maximum absolute atomic E-state index is 13.3. The Kier molecular flexibility index (Phi) is 5.35. The lowest BCUT2D eigenvalue weighted by atomic mass is 10.0. The smallest absolute Gasteiger partial charge is 0.322 e. The number of amides is 1. The normalized spacial score (nSPS) is 16.7. The summed E-state index contributed by atoms with van der Waals surface area (Å²) < 4.78 is 80.4. The zero-order valence-corrected chi connectivity index (χ0v) is 16.6. The first kappa shape index (κ1) is 22.1. The van der Waals surface area contributed by atoms with Gasteiger partial charge < -0.3 is 9.47 Å². The summed E-state index contributed by atoms with van der Waals surface area (Å²) in [6.07, 6.45) is -8.86. The van der Waals surface area contributed by atoms with Crippen molar-refractivity contribution in [2.75, 3.05) is 6.54 Å². The van der Waals surface area contributed by atoms with Crippen molar-refractivity contribution in [3.8, 4) is 0 Å². The minimum atomic E-state index is -4.89. The molecule has 13 heteroatoms. The number of alkyl halides is 6. The highest BCUT2D eigenvalue weighted by molar-refractivity contribution is 6.34. The van der Waals surface area contributed by atoms with Gasteiger partial charge in [-0.05, 0) is 11.6 Å². The fourth-order valence-corrected chi connectivity index (χ4v) is 3.87. The summed E-state index contributed by atoms with van der Waals surface area (Å²) in [7, 11) is 0. The molecule has 1 aromatic carbocycles. The van der Waals surface area contributed by atoms with Crippen LogP contribution >= 0.6 is 11.6 Å². The molecule has 0 N–H and O–H groups in total. The average molecular weight is 476 g/mol. The molecule has 2 aromatic heterocycles. The lowest BCUT2D eigenvalue weighted by Gasteiger charge is -2.36. The van der Waals surface area contributed by atoms with Gasteiger partial charge >= 0.3 is 12.4 Å². The lowest BCUT2D eigenvalue weighted by Crippen LogP contribution is -2.43. The van der Waals surface area contributed by atoms with Crippen molar-refractivity contribution in [3.05, 3.63) is 76.1 Å². The van der Waals surface area contributed by atoms with Crippen molar-refractivity contribution in [1.82, 2.24) is 24.6 Å². The second kappa shape index (κ2) is 7.76. The highest BCUT2D eigenvalue weighted by Gasteiger charge is 2.44. The van der Waals surface area contributed by atoms with Crippen LogP contribution < -0.4 is 0 Å². The molecular weight excluding hydrogens is 464 g/mol. The third-order valence-corrected chi connectivity index (χ3v) is 5.30. The molecule has 0 spiro atoms. The van der Waals surface area contributed by atoms with Gasteiger partial charge in [-0.1, -0.05) is 41.9 Å². The Hall–Kier alpha value is -3.15. The Balaban J connectivity index is 1.83. The van der Waals surface area contributed by atoms with Crippen LogP contribution in [0.5, 0.6) is 0 Å². The molecule has 168 valence electrons. The third-order valence-electron chi connectivity index (χ3n) is 4.92. The van der Waals surface area contributed by atoms with Crippen molar-refractivity contribution < 1.29 is 31.1 Å². The molecule has 1 aliphatic rings. The summed E-state index contributed by atoms with van der Waals surface area (Å²) in [5, 5.41) is 6.01. The van der Waals surface area contributed by atoms with Gasteiger partial charge in [-0.25, -0.2) is 0 Å². The number of carbonyl (C=O) groups is 1. The highest BCUT2D eigenvalue weighted by Crippen LogP contribution is 2.39. The van der Waals surface area contributed by atoms with E-state index in [9.17, 15) is 31.1 Å². The molecule has 1 aliphatic heterocycles. The Labute approximate surface area is 181 Å². The molecule has 0 saturated heterocycles. The van der Waals surface area contributed by atoms with Gasteiger partial charge in [-0.2, -0.15) is 26.3 Å². The number of rotatable bonds is 2. The zero-order chi connectivity index (χ0) is 23.3. The first-order valence-corrected chi connectivity index (χ1v) is 9.46. The zero-order valence-electron chi connectivity index (χ0n) is 15.8. The van der Waals surface area contributed by atoms with Crippen LogP contribution in [0.4, 0.5) is 26.3 Å². The molecular formula is C19H12ClF6N5O. The summed E-state index contributed by atoms with van der Waals surface area (Å²) in [6.45, 7) is -0.548. The molecule has 0 radical (unpaired) electrons. The first-order chi connectivity index (χ1) is 15.0. The SMILES string of the molecule is O=C(c1ccnc(C(F)(F)F)c1Cl)N1CCn2c(nnc2C(F)(F)F)[C@H]1c1ccccc1. The average Bonchev–Trinajstić information content (AvgIpc) is 3.17. The van der Waals surface area contributed by atoms with Crippen LogP contribution in [-0.2, 0) is 18.9 Å². The van der Waals surface area contributed by atoms with E-state index < -0.39 is 46.4 Å². The molecule has 6 nitrogen and oxygen atoms in total. The molecule has 32 heavy (non-hydrogen) atoms. The van der Waals surface area contributed by atoms with E-state index in [1.54, 1.807) is 30.3 Å². The van der Waals surface area contributed by atoms with Crippen molar-refractivity contribution in [2.24, 2.45) is 0 Å². The number of fused-ring (bicyclic) bond motifs is 1. The molecule has 0 saturated carbocycles. The predicted molar refractivity (Wildman–Crippen MR) is 98.6 cm³/mol. The van der Waals surface area contributed by atoms with Crippen LogP contribution in [-0.4, -0.2) is 37.1 Å². The fourth-order valence-electron chi connectivity index (χ4n) is 3.57. The molecule has 3 heterocycles. The van der Waals surface area contributed by atoms with E-state index in [2.05, 4.69) is 15.2 Å². The van der Waals surface area contributed by atoms with Gasteiger partial charge in [0.2, 0.25) is 5.82 Å². The number of nitrogens with zero attached hydrogens (tertiary/aromatic N) is 5. The van der Waals surface area contributed by atoms with E-state index in [4.69, 9.17) is 11.6 Å². The summed E-state index contributed by atoms with van der Waals surface area (Å²) >= 11 is 5.85. The number of benzene rings is 1. The Morgan fingerprint density at radius 3 is 2.28 bits per heavy atom. The minimum absolute atomic E-state index is 0.163. The second-order valence-electron chi connectivity index (χ2n) is 6.86. The lowest BCUT2D eigenvalue weighted by molar-refractivity contribution is -0.148. The van der Waals surface area contributed by atoms with Crippen LogP contribution in [0, 0.1) is 0 Å². The summed E-state index contributed by atoms with van der Waals surface area (Å²) in [5.41, 5.74) is -1.50. The summed E-state index contributed by atoms with van der Waals surface area (Å²) in [4.78, 5) is 17.6. The van der Waals surface area contributed by atoms with E-state index in [1.807, 2.05) is 0 Å². The van der Waals surface area contributed by atoms with Gasteiger partial charge in [0.15, 0.2) is 11.5 Å². The van der Waals surface area contributed by atoms with Crippen molar-refractivity contribution in [1.29, 1.82) is 0 Å². The Morgan fingerprint density at radius 2 is 1.66 bits per heavy atom. The van der Waals surface area contributed by atoms with Crippen LogP contribution in [0.2, 0.25) is 5.02 Å². The Bertz CT molecular complexity index is 1160. The van der Waals surface area contributed by atoms with E-state index in [1.165, 1.54) is 0 Å².